The fourth-order valence-electron chi connectivity index (χ4n) is 3.50. The smallest absolute Gasteiger partial charge is 0.264 e. The molecule has 0 unspecified atom stereocenters. The summed E-state index contributed by atoms with van der Waals surface area (Å²) in [5.41, 5.74) is -0.997. The lowest BCUT2D eigenvalue weighted by Crippen LogP contribution is -2.22. The number of nitrogens with zero attached hydrogens (tertiary/aromatic N) is 2. The minimum Gasteiger partial charge on any atom is -0.302 e. The summed E-state index contributed by atoms with van der Waals surface area (Å²) in [6.07, 6.45) is 11.0. The second kappa shape index (κ2) is 8.33. The van der Waals surface area contributed by atoms with Crippen LogP contribution in [0.3, 0.4) is 0 Å². The number of hydrogen-bond donors (Lipinski definition) is 1. The van der Waals surface area contributed by atoms with Crippen LogP contribution in [-0.4, -0.2) is 21.2 Å². The van der Waals surface area contributed by atoms with Crippen LogP contribution in [0.25, 0.3) is 17.0 Å². The van der Waals surface area contributed by atoms with Crippen molar-refractivity contribution in [1.82, 2.24) is 9.78 Å². The molecule has 0 bridgehead atoms. The molecule has 1 fully saturated rings. The summed E-state index contributed by atoms with van der Waals surface area (Å²) in [6, 6.07) is 3.51. The number of allylic oxidation sites excluding steroid dienone is 3. The molecule has 3 nitrogen and oxygen atoms in total. The van der Waals surface area contributed by atoms with Crippen molar-refractivity contribution >= 4 is 22.7 Å². The fraction of sp³-hybridized carbons (Fsp3) is 0.455. The minimum atomic E-state index is -2.61. The predicted molar refractivity (Wildman–Crippen MR) is 108 cm³/mol. The first-order valence-corrected chi connectivity index (χ1v) is 9.69. The van der Waals surface area contributed by atoms with Gasteiger partial charge >= 0.3 is 0 Å². The van der Waals surface area contributed by atoms with Gasteiger partial charge < -0.3 is 5.41 Å². The van der Waals surface area contributed by atoms with Crippen molar-refractivity contribution < 1.29 is 13.2 Å². The molecule has 0 radical (unpaired) electrons. The zero-order valence-corrected chi connectivity index (χ0v) is 16.3. The number of alkyl halides is 3. The molecular weight excluding hydrogens is 363 g/mol. The lowest BCUT2D eigenvalue weighted by Gasteiger charge is -2.21. The first-order valence-electron chi connectivity index (χ1n) is 9.69. The summed E-state index contributed by atoms with van der Waals surface area (Å²) < 4.78 is 42.6. The fourth-order valence-corrected chi connectivity index (χ4v) is 3.50. The second-order valence-corrected chi connectivity index (χ2v) is 7.85. The molecular formula is C22H26F3N3. The van der Waals surface area contributed by atoms with Crippen LogP contribution >= 0.6 is 0 Å². The Hall–Kier alpha value is -2.37. The largest absolute Gasteiger partial charge is 0.302 e. The predicted octanol–water partition coefficient (Wildman–Crippen LogP) is 6.82. The van der Waals surface area contributed by atoms with E-state index in [1.54, 1.807) is 18.2 Å². The maximum absolute atomic E-state index is 13.6. The normalized spacial score (nSPS) is 16.8. The van der Waals surface area contributed by atoms with E-state index in [0.717, 1.165) is 18.2 Å². The Morgan fingerprint density at radius 3 is 2.57 bits per heavy atom. The lowest BCUT2D eigenvalue weighted by atomic mass is 9.96. The number of fused-ring (bicyclic) bond motifs is 1. The van der Waals surface area contributed by atoms with Gasteiger partial charge in [0.1, 0.15) is 5.67 Å². The van der Waals surface area contributed by atoms with Gasteiger partial charge in [-0.05, 0) is 50.5 Å². The van der Waals surface area contributed by atoms with Crippen molar-refractivity contribution in [2.45, 2.75) is 64.1 Å². The van der Waals surface area contributed by atoms with Gasteiger partial charge in [-0.25, -0.2) is 13.2 Å². The molecule has 1 aliphatic rings. The molecule has 2 aromatic rings. The first-order chi connectivity index (χ1) is 13.3. The summed E-state index contributed by atoms with van der Waals surface area (Å²) in [4.78, 5) is 0. The summed E-state index contributed by atoms with van der Waals surface area (Å²) >= 11 is 0. The Labute approximate surface area is 163 Å². The highest BCUT2D eigenvalue weighted by Crippen LogP contribution is 2.32. The van der Waals surface area contributed by atoms with Crippen molar-refractivity contribution in [2.75, 3.05) is 0 Å². The van der Waals surface area contributed by atoms with Crippen LogP contribution in [0.15, 0.2) is 36.6 Å². The highest BCUT2D eigenvalue weighted by Gasteiger charge is 2.20. The standard InChI is InChI=1S/C22H26F3N3/c1-22(2,25)20(26)11-7-6-8-15-12-16-14-28(17-9-4-3-5-10-17)27-19(16)13-18(15)21(23)24/h6-8,11-14,17,21,26H,3-5,9-10H2,1-2H3/b8-6+,11-7-,26-20?. The topological polar surface area (TPSA) is 41.7 Å². The Bertz CT molecular complexity index is 898. The Morgan fingerprint density at radius 2 is 1.93 bits per heavy atom. The Balaban J connectivity index is 1.88. The maximum Gasteiger partial charge on any atom is 0.264 e. The molecule has 1 saturated carbocycles. The Morgan fingerprint density at radius 1 is 1.21 bits per heavy atom. The number of halogens is 3. The molecule has 1 aromatic carbocycles. The molecule has 0 saturated heterocycles. The number of benzene rings is 1. The quantitative estimate of drug-likeness (QED) is 0.428. The number of rotatable bonds is 6. The lowest BCUT2D eigenvalue weighted by molar-refractivity contribution is 0.151. The third-order valence-corrected chi connectivity index (χ3v) is 5.20. The van der Waals surface area contributed by atoms with Crippen molar-refractivity contribution in [2.24, 2.45) is 0 Å². The molecule has 1 heterocycles. The monoisotopic (exact) mass is 389 g/mol. The van der Waals surface area contributed by atoms with Crippen molar-refractivity contribution in [3.63, 3.8) is 0 Å². The van der Waals surface area contributed by atoms with Gasteiger partial charge in [0.2, 0.25) is 0 Å². The highest BCUT2D eigenvalue weighted by molar-refractivity contribution is 5.98. The summed E-state index contributed by atoms with van der Waals surface area (Å²) in [5.74, 6) is 0. The van der Waals surface area contributed by atoms with E-state index in [9.17, 15) is 13.2 Å². The third kappa shape index (κ3) is 4.72. The van der Waals surface area contributed by atoms with Crippen LogP contribution in [0.2, 0.25) is 0 Å². The molecule has 0 amide bonds. The average Bonchev–Trinajstić information content (AvgIpc) is 3.07. The van der Waals surface area contributed by atoms with Gasteiger partial charge in [-0.15, -0.1) is 0 Å². The van der Waals surface area contributed by atoms with Crippen LogP contribution in [0.1, 0.15) is 69.5 Å². The molecule has 1 aliphatic carbocycles. The SMILES string of the molecule is CC(C)(F)C(=N)/C=C\C=C\c1cc2cn(C3CCCCC3)nc2cc1C(F)F. The van der Waals surface area contributed by atoms with E-state index in [4.69, 9.17) is 5.41 Å². The van der Waals surface area contributed by atoms with E-state index in [2.05, 4.69) is 5.10 Å². The Kier molecular flexibility index (Phi) is 6.06. The minimum absolute atomic E-state index is 0.0769. The van der Waals surface area contributed by atoms with Crippen molar-refractivity contribution in [3.05, 3.63) is 47.7 Å². The zero-order chi connectivity index (χ0) is 20.3. The van der Waals surface area contributed by atoms with Gasteiger partial charge in [0.15, 0.2) is 0 Å². The van der Waals surface area contributed by atoms with E-state index >= 15 is 0 Å². The van der Waals surface area contributed by atoms with Gasteiger partial charge in [-0.3, -0.25) is 4.68 Å². The van der Waals surface area contributed by atoms with E-state index < -0.39 is 12.1 Å². The third-order valence-electron chi connectivity index (χ3n) is 5.20. The van der Waals surface area contributed by atoms with Crippen LogP contribution in [0.5, 0.6) is 0 Å². The van der Waals surface area contributed by atoms with Crippen LogP contribution in [-0.2, 0) is 0 Å². The maximum atomic E-state index is 13.6. The summed E-state index contributed by atoms with van der Waals surface area (Å²) in [6.45, 7) is 2.60. The van der Waals surface area contributed by atoms with Gasteiger partial charge in [-0.1, -0.05) is 37.5 Å². The molecule has 150 valence electrons. The van der Waals surface area contributed by atoms with E-state index in [1.165, 1.54) is 51.3 Å². The molecule has 0 spiro atoms. The molecule has 6 heteroatoms. The summed E-state index contributed by atoms with van der Waals surface area (Å²) in [7, 11) is 0. The number of aromatic nitrogens is 2. The zero-order valence-electron chi connectivity index (χ0n) is 16.3. The second-order valence-electron chi connectivity index (χ2n) is 7.85. The first kappa shape index (κ1) is 20.4. The van der Waals surface area contributed by atoms with E-state index in [-0.39, 0.29) is 11.3 Å². The molecule has 3 rings (SSSR count). The van der Waals surface area contributed by atoms with Crippen LogP contribution in [0.4, 0.5) is 13.2 Å². The highest BCUT2D eigenvalue weighted by atomic mass is 19.3. The molecule has 0 atom stereocenters. The number of hydrogen-bond acceptors (Lipinski definition) is 2. The molecule has 1 N–H and O–H groups in total. The van der Waals surface area contributed by atoms with Crippen LogP contribution < -0.4 is 0 Å². The molecule has 1 aromatic heterocycles. The average molecular weight is 389 g/mol. The van der Waals surface area contributed by atoms with Crippen molar-refractivity contribution in [3.8, 4) is 0 Å². The molecule has 0 aliphatic heterocycles. The number of nitrogens with one attached hydrogen (secondary N) is 1. The van der Waals surface area contributed by atoms with Gasteiger partial charge in [0.05, 0.1) is 17.3 Å². The van der Waals surface area contributed by atoms with Gasteiger partial charge in [-0.2, -0.15) is 5.10 Å². The van der Waals surface area contributed by atoms with Gasteiger partial charge in [0.25, 0.3) is 6.43 Å². The summed E-state index contributed by atoms with van der Waals surface area (Å²) in [5, 5.41) is 13.0. The van der Waals surface area contributed by atoms with E-state index in [1.807, 2.05) is 10.9 Å². The van der Waals surface area contributed by atoms with Gasteiger partial charge in [0, 0.05) is 17.1 Å². The van der Waals surface area contributed by atoms with Crippen LogP contribution in [0, 0.1) is 5.41 Å². The van der Waals surface area contributed by atoms with E-state index in [0.29, 0.717) is 17.1 Å². The molecule has 28 heavy (non-hydrogen) atoms. The van der Waals surface area contributed by atoms with Crippen molar-refractivity contribution in [1.29, 1.82) is 5.41 Å².